The van der Waals surface area contributed by atoms with E-state index in [0.717, 1.165) is 11.5 Å². The van der Waals surface area contributed by atoms with Crippen molar-refractivity contribution in [3.05, 3.63) is 35.6 Å². The van der Waals surface area contributed by atoms with E-state index in [9.17, 15) is 4.39 Å². The minimum Gasteiger partial charge on any atom is -0.307 e. The van der Waals surface area contributed by atoms with E-state index in [2.05, 4.69) is 19.2 Å². The predicted octanol–water partition coefficient (Wildman–Crippen LogP) is 4.84. The summed E-state index contributed by atoms with van der Waals surface area (Å²) in [7, 11) is 0. The molecule has 2 heteroatoms. The number of benzene rings is 1. The van der Waals surface area contributed by atoms with Gasteiger partial charge in [-0.15, -0.1) is 0 Å². The Morgan fingerprint density at radius 2 is 2.11 bits per heavy atom. The first kappa shape index (κ1) is 14.5. The SMILES string of the molecule is CCC1CCCC(NC(C)c2cccc(F)c2)CC1. The molecule has 1 aromatic rings. The zero-order chi connectivity index (χ0) is 13.7. The third-order valence-corrected chi connectivity index (χ3v) is 4.50. The third-order valence-electron chi connectivity index (χ3n) is 4.50. The lowest BCUT2D eigenvalue weighted by Crippen LogP contribution is -2.31. The van der Waals surface area contributed by atoms with Gasteiger partial charge >= 0.3 is 0 Å². The Morgan fingerprint density at radius 1 is 1.26 bits per heavy atom. The second-order valence-electron chi connectivity index (χ2n) is 5.92. The highest BCUT2D eigenvalue weighted by molar-refractivity contribution is 5.19. The van der Waals surface area contributed by atoms with E-state index in [-0.39, 0.29) is 11.9 Å². The molecule has 0 aromatic heterocycles. The van der Waals surface area contributed by atoms with Gasteiger partial charge in [0.15, 0.2) is 0 Å². The van der Waals surface area contributed by atoms with Gasteiger partial charge in [0.25, 0.3) is 0 Å². The zero-order valence-corrected chi connectivity index (χ0v) is 12.2. The molecule has 0 aliphatic heterocycles. The first-order chi connectivity index (χ1) is 9.19. The van der Waals surface area contributed by atoms with Crippen LogP contribution in [0.2, 0.25) is 0 Å². The van der Waals surface area contributed by atoms with Crippen LogP contribution < -0.4 is 5.32 Å². The largest absolute Gasteiger partial charge is 0.307 e. The third kappa shape index (κ3) is 4.31. The molecule has 1 fully saturated rings. The van der Waals surface area contributed by atoms with E-state index in [4.69, 9.17) is 0 Å². The molecule has 1 aromatic carbocycles. The van der Waals surface area contributed by atoms with Crippen molar-refractivity contribution in [2.45, 2.75) is 64.5 Å². The molecule has 3 unspecified atom stereocenters. The molecule has 19 heavy (non-hydrogen) atoms. The van der Waals surface area contributed by atoms with Gasteiger partial charge in [0.1, 0.15) is 5.82 Å². The second kappa shape index (κ2) is 7.04. The Hall–Kier alpha value is -0.890. The highest BCUT2D eigenvalue weighted by Crippen LogP contribution is 2.27. The van der Waals surface area contributed by atoms with Crippen LogP contribution in [0.15, 0.2) is 24.3 Å². The summed E-state index contributed by atoms with van der Waals surface area (Å²) in [4.78, 5) is 0. The molecule has 1 N–H and O–H groups in total. The molecule has 3 atom stereocenters. The van der Waals surface area contributed by atoms with Gasteiger partial charge in [-0.2, -0.15) is 0 Å². The van der Waals surface area contributed by atoms with Gasteiger partial charge in [-0.1, -0.05) is 38.3 Å². The van der Waals surface area contributed by atoms with Crippen LogP contribution in [0.1, 0.15) is 64.0 Å². The number of halogens is 1. The predicted molar refractivity (Wildman–Crippen MR) is 78.6 cm³/mol. The molecule has 106 valence electrons. The highest BCUT2D eigenvalue weighted by Gasteiger charge is 2.19. The molecule has 0 spiro atoms. The molecule has 0 radical (unpaired) electrons. The standard InChI is InChI=1S/C17H26FN/c1-3-14-6-4-9-17(11-10-14)19-13(2)15-7-5-8-16(18)12-15/h5,7-8,12-14,17,19H,3-4,6,9-11H2,1-2H3. The van der Waals surface area contributed by atoms with Crippen molar-refractivity contribution in [1.82, 2.24) is 5.32 Å². The minimum atomic E-state index is -0.141. The highest BCUT2D eigenvalue weighted by atomic mass is 19.1. The molecular formula is C17H26FN. The minimum absolute atomic E-state index is 0.141. The Kier molecular flexibility index (Phi) is 5.38. The average Bonchev–Trinajstić information content (AvgIpc) is 2.64. The van der Waals surface area contributed by atoms with Crippen molar-refractivity contribution in [2.24, 2.45) is 5.92 Å². The first-order valence-corrected chi connectivity index (χ1v) is 7.70. The Morgan fingerprint density at radius 3 is 2.84 bits per heavy atom. The summed E-state index contributed by atoms with van der Waals surface area (Å²) in [6.07, 6.45) is 7.87. The number of nitrogens with one attached hydrogen (secondary N) is 1. The lowest BCUT2D eigenvalue weighted by Gasteiger charge is -2.22. The number of hydrogen-bond acceptors (Lipinski definition) is 1. The Bertz CT molecular complexity index is 391. The van der Waals surface area contributed by atoms with E-state index in [0.29, 0.717) is 6.04 Å². The molecule has 1 aliphatic carbocycles. The van der Waals surface area contributed by atoms with Gasteiger partial charge < -0.3 is 5.32 Å². The summed E-state index contributed by atoms with van der Waals surface area (Å²) in [6, 6.07) is 7.78. The van der Waals surface area contributed by atoms with Gasteiger partial charge in [-0.05, 0) is 49.8 Å². The van der Waals surface area contributed by atoms with Crippen LogP contribution >= 0.6 is 0 Å². The molecule has 1 aliphatic rings. The first-order valence-electron chi connectivity index (χ1n) is 7.70. The molecule has 1 nitrogen and oxygen atoms in total. The van der Waals surface area contributed by atoms with E-state index >= 15 is 0 Å². The van der Waals surface area contributed by atoms with Gasteiger partial charge in [-0.25, -0.2) is 4.39 Å². The van der Waals surface area contributed by atoms with E-state index in [1.54, 1.807) is 12.1 Å². The maximum atomic E-state index is 13.2. The van der Waals surface area contributed by atoms with Crippen LogP contribution in [0.3, 0.4) is 0 Å². The van der Waals surface area contributed by atoms with Crippen molar-refractivity contribution in [2.75, 3.05) is 0 Å². The lowest BCUT2D eigenvalue weighted by atomic mass is 9.97. The van der Waals surface area contributed by atoms with Crippen molar-refractivity contribution in [3.8, 4) is 0 Å². The van der Waals surface area contributed by atoms with Crippen LogP contribution in [0.25, 0.3) is 0 Å². The number of hydrogen-bond donors (Lipinski definition) is 1. The average molecular weight is 263 g/mol. The maximum absolute atomic E-state index is 13.2. The molecule has 2 rings (SSSR count). The van der Waals surface area contributed by atoms with E-state index in [1.165, 1.54) is 44.6 Å². The monoisotopic (exact) mass is 263 g/mol. The van der Waals surface area contributed by atoms with Crippen LogP contribution in [-0.4, -0.2) is 6.04 Å². The van der Waals surface area contributed by atoms with E-state index in [1.807, 2.05) is 6.07 Å². The summed E-state index contributed by atoms with van der Waals surface area (Å²) in [5.74, 6) is 0.773. The Labute approximate surface area is 116 Å². The summed E-state index contributed by atoms with van der Waals surface area (Å²) < 4.78 is 13.2. The number of rotatable bonds is 4. The van der Waals surface area contributed by atoms with Gasteiger partial charge in [0.2, 0.25) is 0 Å². The van der Waals surface area contributed by atoms with Crippen LogP contribution in [0.4, 0.5) is 4.39 Å². The van der Waals surface area contributed by atoms with Crippen molar-refractivity contribution in [1.29, 1.82) is 0 Å². The topological polar surface area (TPSA) is 12.0 Å². The maximum Gasteiger partial charge on any atom is 0.123 e. The summed E-state index contributed by atoms with van der Waals surface area (Å²) >= 11 is 0. The molecular weight excluding hydrogens is 237 g/mol. The normalized spacial score (nSPS) is 25.8. The quantitative estimate of drug-likeness (QED) is 0.767. The fourth-order valence-electron chi connectivity index (χ4n) is 3.18. The molecule has 0 saturated heterocycles. The Balaban J connectivity index is 1.90. The molecule has 0 amide bonds. The lowest BCUT2D eigenvalue weighted by molar-refractivity contribution is 0.399. The second-order valence-corrected chi connectivity index (χ2v) is 5.92. The smallest absolute Gasteiger partial charge is 0.123 e. The van der Waals surface area contributed by atoms with Crippen LogP contribution in [0, 0.1) is 11.7 Å². The fraction of sp³-hybridized carbons (Fsp3) is 0.647. The van der Waals surface area contributed by atoms with Crippen molar-refractivity contribution >= 4 is 0 Å². The molecule has 0 heterocycles. The summed E-state index contributed by atoms with van der Waals surface area (Å²) in [5, 5.41) is 3.68. The molecule has 0 bridgehead atoms. The van der Waals surface area contributed by atoms with Crippen molar-refractivity contribution < 1.29 is 4.39 Å². The van der Waals surface area contributed by atoms with E-state index < -0.39 is 0 Å². The molecule has 1 saturated carbocycles. The van der Waals surface area contributed by atoms with Gasteiger partial charge in [0.05, 0.1) is 0 Å². The fourth-order valence-corrected chi connectivity index (χ4v) is 3.18. The summed E-state index contributed by atoms with van der Waals surface area (Å²) in [6.45, 7) is 4.44. The van der Waals surface area contributed by atoms with Crippen LogP contribution in [-0.2, 0) is 0 Å². The van der Waals surface area contributed by atoms with Gasteiger partial charge in [-0.3, -0.25) is 0 Å². The van der Waals surface area contributed by atoms with Crippen LogP contribution in [0.5, 0.6) is 0 Å². The van der Waals surface area contributed by atoms with Gasteiger partial charge in [0, 0.05) is 12.1 Å². The summed E-state index contributed by atoms with van der Waals surface area (Å²) in [5.41, 5.74) is 1.05. The zero-order valence-electron chi connectivity index (χ0n) is 12.2. The van der Waals surface area contributed by atoms with Crippen molar-refractivity contribution in [3.63, 3.8) is 0 Å².